The molecule has 97 heavy (non-hydrogen) atoms. The third-order valence-corrected chi connectivity index (χ3v) is 12.9. The Balaban J connectivity index is -0.0000000986. The molecule has 0 unspecified atom stereocenters. The van der Waals surface area contributed by atoms with Crippen LogP contribution in [0.5, 0.6) is 0 Å². The Labute approximate surface area is 612 Å². The standard InChI is InChI=1S/C14H30O.C14H30S.C12H25NO2.C11H24O3.C10H18O4.C9H20O.C8H16O2.4CH4/c2*1-13(2,3)9-7-11-15-12-8-10-14(4,5)6;1-11(2,3)10(14)13-8-7-9-15-12(4,5)6;1-10(2,3)13-7-9(12)8-14-11(4,5)6;1-6(2)9(11)13-8(5)14-10(12)7(3)4;1-8(2)6-7-10-9(3,4)5;1-6(2)5-8(9)10-7(3)4;;;;/h2*7-12H2,1-6H3;7-9H2,1-6H3,(H,13,14);9,12H,7-8H2,1-6H3;6-8H,1-5H3;8H,6-7H2,1-5H3;6-7H,5H2,1-4H3;4*1H4. The number of aliphatic hydroxyl groups excluding tert-OH is 1. The van der Waals surface area contributed by atoms with E-state index in [1.807, 2.05) is 111 Å². The van der Waals surface area contributed by atoms with E-state index in [9.17, 15) is 24.3 Å². The molecule has 0 heterocycles. The molecule has 0 rings (SSSR count). The summed E-state index contributed by atoms with van der Waals surface area (Å²) in [6, 6.07) is 0. The van der Waals surface area contributed by atoms with Crippen molar-refractivity contribution in [1.29, 1.82) is 0 Å². The van der Waals surface area contributed by atoms with Crippen LogP contribution in [-0.2, 0) is 57.1 Å². The van der Waals surface area contributed by atoms with E-state index >= 15 is 0 Å². The summed E-state index contributed by atoms with van der Waals surface area (Å²) in [5, 5.41) is 12.4. The van der Waals surface area contributed by atoms with Gasteiger partial charge in [0.2, 0.25) is 12.2 Å². The maximum absolute atomic E-state index is 11.5. The molecule has 0 saturated heterocycles. The van der Waals surface area contributed by atoms with Crippen LogP contribution in [0.1, 0.15) is 363 Å². The molecule has 0 aliphatic heterocycles. The highest BCUT2D eigenvalue weighted by Gasteiger charge is 2.22. The molecule has 0 spiro atoms. The van der Waals surface area contributed by atoms with Crippen molar-refractivity contribution >= 4 is 35.6 Å². The molecule has 1 amide bonds. The first-order chi connectivity index (χ1) is 41.4. The van der Waals surface area contributed by atoms with Gasteiger partial charge in [-0.2, -0.15) is 11.8 Å². The molecule has 0 atom stereocenters. The second kappa shape index (κ2) is 61.5. The van der Waals surface area contributed by atoms with Crippen molar-refractivity contribution < 1.29 is 62.2 Å². The van der Waals surface area contributed by atoms with Crippen LogP contribution in [0.15, 0.2) is 0 Å². The molecule has 0 fully saturated rings. The zero-order chi connectivity index (χ0) is 75.1. The Bertz CT molecular complexity index is 1640. The lowest BCUT2D eigenvalue weighted by Gasteiger charge is -2.25. The van der Waals surface area contributed by atoms with Gasteiger partial charge in [-0.15, -0.1) is 0 Å². The highest BCUT2D eigenvalue weighted by Crippen LogP contribution is 2.26. The molecule has 0 aromatic rings. The van der Waals surface area contributed by atoms with Gasteiger partial charge in [0, 0.05) is 51.7 Å². The van der Waals surface area contributed by atoms with Crippen molar-refractivity contribution in [3.8, 4) is 0 Å². The molecule has 596 valence electrons. The first-order valence-electron chi connectivity index (χ1n) is 35.7. The van der Waals surface area contributed by atoms with E-state index < -0.39 is 12.4 Å². The zero-order valence-electron chi connectivity index (χ0n) is 68.9. The molecular formula is C82H179NO13S. The first kappa shape index (κ1) is 119. The molecule has 14 nitrogen and oxygen atoms in total. The Morgan fingerprint density at radius 3 is 0.990 bits per heavy atom. The third kappa shape index (κ3) is 124. The predicted molar refractivity (Wildman–Crippen MR) is 427 cm³/mol. The molecule has 2 N–H and O–H groups in total. The van der Waals surface area contributed by atoms with E-state index in [0.717, 1.165) is 38.6 Å². The van der Waals surface area contributed by atoms with Crippen LogP contribution >= 0.6 is 11.8 Å². The fraction of sp³-hybridized carbons (Fsp3) is 0.951. The smallest absolute Gasteiger partial charge is 0.311 e. The molecule has 0 radical (unpaired) electrons. The summed E-state index contributed by atoms with van der Waals surface area (Å²) >= 11 is 2.13. The molecule has 0 aliphatic rings. The fourth-order valence-corrected chi connectivity index (χ4v) is 7.45. The van der Waals surface area contributed by atoms with Gasteiger partial charge >= 0.3 is 17.9 Å². The summed E-state index contributed by atoms with van der Waals surface area (Å²) in [4.78, 5) is 44.5. The van der Waals surface area contributed by atoms with Gasteiger partial charge in [-0.05, 0) is 206 Å². The average molecular weight is 1420 g/mol. The van der Waals surface area contributed by atoms with Gasteiger partial charge in [0.15, 0.2) is 0 Å². The van der Waals surface area contributed by atoms with Crippen molar-refractivity contribution in [1.82, 2.24) is 5.32 Å². The van der Waals surface area contributed by atoms with Crippen LogP contribution in [0, 0.1) is 50.7 Å². The summed E-state index contributed by atoms with van der Waals surface area (Å²) in [6.07, 6.45) is 11.6. The number of thioether (sulfide) groups is 1. The van der Waals surface area contributed by atoms with Crippen molar-refractivity contribution in [2.24, 2.45) is 50.7 Å². The minimum atomic E-state index is -0.806. The third-order valence-electron chi connectivity index (χ3n) is 11.8. The van der Waals surface area contributed by atoms with E-state index in [0.29, 0.717) is 60.4 Å². The number of carbonyl (C=O) groups is 4. The number of nitrogens with one attached hydrogen (secondary N) is 1. The summed E-state index contributed by atoms with van der Waals surface area (Å²) in [6.45, 7) is 82.9. The number of esters is 3. The van der Waals surface area contributed by atoms with Crippen LogP contribution in [0.25, 0.3) is 0 Å². The number of hydrogen-bond donors (Lipinski definition) is 2. The van der Waals surface area contributed by atoms with E-state index in [2.05, 4.69) is 135 Å². The topological polar surface area (TPSA) is 174 Å². The maximum Gasteiger partial charge on any atom is 0.311 e. The Morgan fingerprint density at radius 2 is 0.722 bits per heavy atom. The Morgan fingerprint density at radius 1 is 0.402 bits per heavy atom. The minimum Gasteiger partial charge on any atom is -0.463 e. The fourth-order valence-electron chi connectivity index (χ4n) is 6.55. The lowest BCUT2D eigenvalue weighted by Crippen LogP contribution is -2.35. The van der Waals surface area contributed by atoms with Crippen LogP contribution in [-0.4, -0.2) is 128 Å². The predicted octanol–water partition coefficient (Wildman–Crippen LogP) is 23.5. The molecule has 0 aromatic carbocycles. The van der Waals surface area contributed by atoms with Crippen LogP contribution in [0.4, 0.5) is 0 Å². The van der Waals surface area contributed by atoms with Gasteiger partial charge < -0.3 is 48.3 Å². The number of aliphatic hydroxyl groups is 1. The van der Waals surface area contributed by atoms with E-state index in [4.69, 9.17) is 37.9 Å². The average Bonchev–Trinajstić information content (AvgIpc) is 0.982. The van der Waals surface area contributed by atoms with Gasteiger partial charge in [0.1, 0.15) is 6.10 Å². The second-order valence-corrected chi connectivity index (χ2v) is 37.5. The van der Waals surface area contributed by atoms with Gasteiger partial charge in [-0.3, -0.25) is 19.2 Å². The van der Waals surface area contributed by atoms with Crippen LogP contribution < -0.4 is 5.32 Å². The first-order valence-corrected chi connectivity index (χ1v) is 36.9. The highest BCUT2D eigenvalue weighted by atomic mass is 32.2. The second-order valence-electron chi connectivity index (χ2n) is 36.2. The van der Waals surface area contributed by atoms with Gasteiger partial charge in [0.25, 0.3) is 0 Å². The Hall–Kier alpha value is -2.01. The maximum atomic E-state index is 11.5. The minimum absolute atomic E-state index is 0. The van der Waals surface area contributed by atoms with Gasteiger partial charge in [0.05, 0.1) is 53.6 Å². The zero-order valence-corrected chi connectivity index (χ0v) is 69.8. The van der Waals surface area contributed by atoms with Crippen molar-refractivity contribution in [2.45, 2.75) is 404 Å². The largest absolute Gasteiger partial charge is 0.463 e. The molecule has 0 aromatic heterocycles. The SMILES string of the molecule is C.C.C.C.CC(C)(C)CCCOCCCC(C)(C)C.CC(C)(C)CCCSCCCC(C)(C)C.CC(C)(C)OCC(O)COC(C)(C)C.CC(C)(C)OCCCNC(=O)C(C)(C)C.CC(C)CC(=O)OC(C)C.CC(C)CCOC(C)(C)C.CC(OC(=O)C(C)C)OC(=O)C(C)C. The van der Waals surface area contributed by atoms with E-state index in [1.54, 1.807) is 27.7 Å². The molecule has 0 aliphatic carbocycles. The van der Waals surface area contributed by atoms with E-state index in [1.165, 1.54) is 69.8 Å². The molecule has 0 saturated carbocycles. The van der Waals surface area contributed by atoms with Crippen LogP contribution in [0.2, 0.25) is 0 Å². The summed E-state index contributed by atoms with van der Waals surface area (Å²) < 4.78 is 42.2. The van der Waals surface area contributed by atoms with Gasteiger partial charge in [-0.1, -0.05) is 189 Å². The number of amides is 1. The number of rotatable bonds is 30. The van der Waals surface area contributed by atoms with Crippen LogP contribution in [0.3, 0.4) is 0 Å². The van der Waals surface area contributed by atoms with Crippen molar-refractivity contribution in [2.75, 3.05) is 57.7 Å². The number of ether oxygens (including phenoxy) is 8. The quantitative estimate of drug-likeness (QED) is 0.0395. The summed E-state index contributed by atoms with van der Waals surface area (Å²) in [7, 11) is 0. The molecule has 0 bridgehead atoms. The molecule has 15 heteroatoms. The Kier molecular flexibility index (Phi) is 75.4. The summed E-state index contributed by atoms with van der Waals surface area (Å²) in [5.74, 6) is 2.69. The lowest BCUT2D eigenvalue weighted by atomic mass is 9.90. The number of carbonyl (C=O) groups excluding carboxylic acids is 4. The van der Waals surface area contributed by atoms with Crippen molar-refractivity contribution in [3.05, 3.63) is 0 Å². The lowest BCUT2D eigenvalue weighted by molar-refractivity contribution is -0.189. The normalized spacial score (nSPS) is 12.0. The molecular weight excluding hydrogens is 1240 g/mol. The highest BCUT2D eigenvalue weighted by molar-refractivity contribution is 7.99. The van der Waals surface area contributed by atoms with Crippen molar-refractivity contribution in [3.63, 3.8) is 0 Å². The van der Waals surface area contributed by atoms with Gasteiger partial charge in [-0.25, -0.2) is 0 Å². The van der Waals surface area contributed by atoms with E-state index in [-0.39, 0.29) is 99.3 Å². The monoisotopic (exact) mass is 1420 g/mol. The summed E-state index contributed by atoms with van der Waals surface area (Å²) in [5.41, 5.74) is 1.18. The number of hydrogen-bond acceptors (Lipinski definition) is 14.